The van der Waals surface area contributed by atoms with Crippen LogP contribution in [0.2, 0.25) is 0 Å². The van der Waals surface area contributed by atoms with Gasteiger partial charge >= 0.3 is 0 Å². The Hall–Kier alpha value is -2.94. The molecule has 162 valence electrons. The number of benzene rings is 1. The van der Waals surface area contributed by atoms with E-state index < -0.39 is 0 Å². The lowest BCUT2D eigenvalue weighted by Gasteiger charge is -2.25. The molecule has 3 N–H and O–H groups in total. The first kappa shape index (κ1) is 21.8. The van der Waals surface area contributed by atoms with E-state index in [9.17, 15) is 4.79 Å². The maximum atomic E-state index is 11.8. The lowest BCUT2D eigenvalue weighted by molar-refractivity contribution is -0.118. The molecular formula is C21H31N7O2. The molecule has 1 aromatic heterocycles. The van der Waals surface area contributed by atoms with Crippen molar-refractivity contribution in [3.05, 3.63) is 41.5 Å². The molecule has 9 nitrogen and oxygen atoms in total. The van der Waals surface area contributed by atoms with Gasteiger partial charge in [-0.1, -0.05) is 26.0 Å². The number of methoxy groups -OCH3 is 1. The molecule has 3 rings (SSSR count). The topological polar surface area (TPSA) is 105 Å². The standard InChI is InChI=1S/C21H31N7O2/c1-14(2)20(29)24-16-7-5-15(6-8-16)11-23-21(22-3)25-17-9-10-19-26-18(13-30-4)27-28(19)12-17/h5-8,14,17H,9-13H2,1-4H3,(H,24,29)(H2,22,23,25). The number of fused-ring (bicyclic) bond motifs is 1. The zero-order chi connectivity index (χ0) is 21.5. The Morgan fingerprint density at radius 3 is 2.77 bits per heavy atom. The van der Waals surface area contributed by atoms with Crippen LogP contribution in [0.1, 0.15) is 37.5 Å². The highest BCUT2D eigenvalue weighted by atomic mass is 16.5. The first-order chi connectivity index (χ1) is 14.5. The van der Waals surface area contributed by atoms with Gasteiger partial charge in [0.25, 0.3) is 0 Å². The summed E-state index contributed by atoms with van der Waals surface area (Å²) in [6, 6.07) is 8.05. The van der Waals surface area contributed by atoms with E-state index in [1.165, 1.54) is 0 Å². The molecule has 1 aliphatic rings. The zero-order valence-corrected chi connectivity index (χ0v) is 18.1. The van der Waals surface area contributed by atoms with E-state index in [0.717, 1.165) is 48.2 Å². The number of guanidine groups is 1. The molecular weight excluding hydrogens is 382 g/mol. The number of amides is 1. The molecule has 1 unspecified atom stereocenters. The first-order valence-electron chi connectivity index (χ1n) is 10.3. The van der Waals surface area contributed by atoms with Crippen molar-refractivity contribution in [3.8, 4) is 0 Å². The number of nitrogens with one attached hydrogen (secondary N) is 3. The predicted molar refractivity (Wildman–Crippen MR) is 116 cm³/mol. The van der Waals surface area contributed by atoms with Gasteiger partial charge in [0.2, 0.25) is 5.91 Å². The molecule has 0 aliphatic carbocycles. The van der Waals surface area contributed by atoms with Crippen LogP contribution < -0.4 is 16.0 Å². The molecule has 2 heterocycles. The molecule has 0 bridgehead atoms. The molecule has 1 aliphatic heterocycles. The van der Waals surface area contributed by atoms with Gasteiger partial charge in [0.1, 0.15) is 12.4 Å². The highest BCUT2D eigenvalue weighted by molar-refractivity contribution is 5.92. The molecule has 0 fully saturated rings. The number of anilines is 1. The molecule has 9 heteroatoms. The molecule has 1 aromatic carbocycles. The normalized spacial score (nSPS) is 16.3. The largest absolute Gasteiger partial charge is 0.377 e. The molecule has 0 radical (unpaired) electrons. The Morgan fingerprint density at radius 2 is 2.10 bits per heavy atom. The third-order valence-corrected chi connectivity index (χ3v) is 4.95. The van der Waals surface area contributed by atoms with Gasteiger partial charge in [-0.05, 0) is 24.1 Å². The summed E-state index contributed by atoms with van der Waals surface area (Å²) >= 11 is 0. The Balaban J connectivity index is 1.49. The lowest BCUT2D eigenvalue weighted by Crippen LogP contribution is -2.46. The second-order valence-corrected chi connectivity index (χ2v) is 7.71. The van der Waals surface area contributed by atoms with E-state index in [0.29, 0.717) is 13.2 Å². The number of hydrogen-bond donors (Lipinski definition) is 3. The Kier molecular flexibility index (Phi) is 7.40. The van der Waals surface area contributed by atoms with Gasteiger partial charge in [-0.2, -0.15) is 5.10 Å². The van der Waals surface area contributed by atoms with E-state index in [1.54, 1.807) is 14.2 Å². The SMILES string of the molecule is CN=C(NCc1ccc(NC(=O)C(C)C)cc1)NC1CCc2nc(COC)nn2C1. The van der Waals surface area contributed by atoms with E-state index >= 15 is 0 Å². The van der Waals surface area contributed by atoms with Crippen molar-refractivity contribution in [2.45, 2.75) is 52.4 Å². The van der Waals surface area contributed by atoms with Gasteiger partial charge in [0, 0.05) is 44.8 Å². The van der Waals surface area contributed by atoms with Crippen molar-refractivity contribution in [1.82, 2.24) is 25.4 Å². The Labute approximate surface area is 177 Å². The highest BCUT2D eigenvalue weighted by Gasteiger charge is 2.22. The third kappa shape index (κ3) is 5.79. The number of carbonyl (C=O) groups excluding carboxylic acids is 1. The van der Waals surface area contributed by atoms with Crippen LogP contribution in [0.25, 0.3) is 0 Å². The molecule has 1 amide bonds. The average molecular weight is 414 g/mol. The fraction of sp³-hybridized carbons (Fsp3) is 0.524. The number of carbonyl (C=O) groups is 1. The minimum absolute atomic E-state index is 0.0165. The molecule has 0 saturated carbocycles. The van der Waals surface area contributed by atoms with Crippen LogP contribution >= 0.6 is 0 Å². The first-order valence-corrected chi connectivity index (χ1v) is 10.3. The minimum Gasteiger partial charge on any atom is -0.377 e. The number of rotatable bonds is 7. The van der Waals surface area contributed by atoms with Crippen LogP contribution in [0.3, 0.4) is 0 Å². The predicted octanol–water partition coefficient (Wildman–Crippen LogP) is 1.70. The zero-order valence-electron chi connectivity index (χ0n) is 18.1. The summed E-state index contributed by atoms with van der Waals surface area (Å²) in [7, 11) is 3.41. The number of hydrogen-bond acceptors (Lipinski definition) is 5. The number of ether oxygens (including phenoxy) is 1. The van der Waals surface area contributed by atoms with Gasteiger partial charge in [-0.15, -0.1) is 0 Å². The van der Waals surface area contributed by atoms with Crippen molar-refractivity contribution in [2.24, 2.45) is 10.9 Å². The van der Waals surface area contributed by atoms with Crippen LogP contribution in [-0.2, 0) is 35.6 Å². The number of aliphatic imine (C=N–C) groups is 1. The highest BCUT2D eigenvalue weighted by Crippen LogP contribution is 2.14. The third-order valence-electron chi connectivity index (χ3n) is 4.95. The second-order valence-electron chi connectivity index (χ2n) is 7.71. The maximum absolute atomic E-state index is 11.8. The summed E-state index contributed by atoms with van der Waals surface area (Å²) in [5, 5.41) is 14.2. The average Bonchev–Trinajstić information content (AvgIpc) is 3.14. The van der Waals surface area contributed by atoms with Gasteiger partial charge < -0.3 is 20.7 Å². The smallest absolute Gasteiger partial charge is 0.226 e. The van der Waals surface area contributed by atoms with Gasteiger partial charge in [0.05, 0.1) is 6.54 Å². The van der Waals surface area contributed by atoms with Crippen molar-refractivity contribution in [2.75, 3.05) is 19.5 Å². The van der Waals surface area contributed by atoms with Crippen LogP contribution in [-0.4, -0.2) is 46.8 Å². The van der Waals surface area contributed by atoms with Gasteiger partial charge in [0.15, 0.2) is 11.8 Å². The summed E-state index contributed by atoms with van der Waals surface area (Å²) in [5.74, 6) is 2.46. The van der Waals surface area contributed by atoms with Crippen molar-refractivity contribution < 1.29 is 9.53 Å². The fourth-order valence-corrected chi connectivity index (χ4v) is 3.23. The molecule has 0 saturated heterocycles. The molecule has 0 spiro atoms. The van der Waals surface area contributed by atoms with Gasteiger partial charge in [-0.3, -0.25) is 9.79 Å². The van der Waals surface area contributed by atoms with E-state index in [-0.39, 0.29) is 17.9 Å². The molecule has 1 atom stereocenters. The van der Waals surface area contributed by atoms with E-state index in [4.69, 9.17) is 4.74 Å². The quantitative estimate of drug-likeness (QED) is 0.471. The minimum atomic E-state index is -0.0410. The van der Waals surface area contributed by atoms with Crippen molar-refractivity contribution >= 4 is 17.6 Å². The van der Waals surface area contributed by atoms with Crippen LogP contribution in [0.4, 0.5) is 5.69 Å². The van der Waals surface area contributed by atoms with E-state index in [2.05, 4.69) is 31.0 Å². The van der Waals surface area contributed by atoms with Crippen molar-refractivity contribution in [3.63, 3.8) is 0 Å². The maximum Gasteiger partial charge on any atom is 0.226 e. The Morgan fingerprint density at radius 1 is 1.33 bits per heavy atom. The molecule has 30 heavy (non-hydrogen) atoms. The summed E-state index contributed by atoms with van der Waals surface area (Å²) < 4.78 is 7.07. The lowest BCUT2D eigenvalue weighted by atomic mass is 10.1. The van der Waals surface area contributed by atoms with Crippen LogP contribution in [0, 0.1) is 5.92 Å². The van der Waals surface area contributed by atoms with Gasteiger partial charge in [-0.25, -0.2) is 9.67 Å². The number of aryl methyl sites for hydroxylation is 1. The Bertz CT molecular complexity index is 874. The van der Waals surface area contributed by atoms with Crippen LogP contribution in [0.15, 0.2) is 29.3 Å². The summed E-state index contributed by atoms with van der Waals surface area (Å²) in [6.07, 6.45) is 1.84. The summed E-state index contributed by atoms with van der Waals surface area (Å²) in [4.78, 5) is 20.6. The summed E-state index contributed by atoms with van der Waals surface area (Å²) in [6.45, 7) is 5.57. The van der Waals surface area contributed by atoms with Crippen LogP contribution in [0.5, 0.6) is 0 Å². The summed E-state index contributed by atoms with van der Waals surface area (Å²) in [5.41, 5.74) is 1.91. The monoisotopic (exact) mass is 413 g/mol. The fourth-order valence-electron chi connectivity index (χ4n) is 3.23. The molecule has 2 aromatic rings. The van der Waals surface area contributed by atoms with E-state index in [1.807, 2.05) is 42.8 Å². The second kappa shape index (κ2) is 10.2. The van der Waals surface area contributed by atoms with Crippen molar-refractivity contribution in [1.29, 1.82) is 0 Å². The number of nitrogens with zero attached hydrogens (tertiary/aromatic N) is 4. The number of aromatic nitrogens is 3.